The van der Waals surface area contributed by atoms with Gasteiger partial charge in [0, 0.05) is 5.54 Å². The van der Waals surface area contributed by atoms with Crippen molar-refractivity contribution in [2.45, 2.75) is 91.5 Å². The largest absolute Gasteiger partial charge is 0.312 e. The SMILES string of the molecule is CCCCCC1CC(CC)CCC1CNC(C)(C)C. The molecule has 1 nitrogen and oxygen atoms in total. The fraction of sp³-hybridized carbons (Fsp3) is 1.00. The molecule has 1 heteroatoms. The zero-order valence-corrected chi connectivity index (χ0v) is 14.1. The fourth-order valence-corrected chi connectivity index (χ4v) is 3.51. The molecule has 0 amide bonds. The van der Waals surface area contributed by atoms with Gasteiger partial charge in [0.15, 0.2) is 0 Å². The average Bonchev–Trinajstić information content (AvgIpc) is 2.36. The summed E-state index contributed by atoms with van der Waals surface area (Å²) in [4.78, 5) is 0. The van der Waals surface area contributed by atoms with E-state index in [-0.39, 0.29) is 5.54 Å². The lowest BCUT2D eigenvalue weighted by Gasteiger charge is -2.38. The molecule has 0 aliphatic heterocycles. The molecule has 0 bridgehead atoms. The second kappa shape index (κ2) is 8.29. The number of nitrogens with one attached hydrogen (secondary N) is 1. The average molecular weight is 268 g/mol. The van der Waals surface area contributed by atoms with Crippen molar-refractivity contribution in [2.24, 2.45) is 17.8 Å². The Morgan fingerprint density at radius 2 is 1.74 bits per heavy atom. The molecule has 1 aliphatic rings. The van der Waals surface area contributed by atoms with Gasteiger partial charge in [-0.05, 0) is 57.9 Å². The van der Waals surface area contributed by atoms with Gasteiger partial charge in [0.2, 0.25) is 0 Å². The minimum Gasteiger partial charge on any atom is -0.312 e. The maximum atomic E-state index is 3.74. The van der Waals surface area contributed by atoms with E-state index in [2.05, 4.69) is 39.9 Å². The van der Waals surface area contributed by atoms with Crippen molar-refractivity contribution >= 4 is 0 Å². The Morgan fingerprint density at radius 1 is 1.00 bits per heavy atom. The molecule has 19 heavy (non-hydrogen) atoms. The maximum absolute atomic E-state index is 3.74. The van der Waals surface area contributed by atoms with Crippen LogP contribution in [-0.4, -0.2) is 12.1 Å². The van der Waals surface area contributed by atoms with Crippen molar-refractivity contribution in [3.8, 4) is 0 Å². The van der Waals surface area contributed by atoms with Crippen LogP contribution in [0.3, 0.4) is 0 Å². The predicted molar refractivity (Wildman–Crippen MR) is 86.5 cm³/mol. The van der Waals surface area contributed by atoms with E-state index in [9.17, 15) is 0 Å². The minimum absolute atomic E-state index is 0.273. The van der Waals surface area contributed by atoms with Gasteiger partial charge in [-0.1, -0.05) is 52.4 Å². The van der Waals surface area contributed by atoms with Crippen LogP contribution in [0.2, 0.25) is 0 Å². The molecule has 114 valence electrons. The lowest BCUT2D eigenvalue weighted by Crippen LogP contribution is -2.42. The van der Waals surface area contributed by atoms with Gasteiger partial charge in [0.1, 0.15) is 0 Å². The summed E-state index contributed by atoms with van der Waals surface area (Å²) in [6.45, 7) is 12.8. The highest BCUT2D eigenvalue weighted by atomic mass is 14.9. The van der Waals surface area contributed by atoms with Crippen LogP contribution in [0.1, 0.15) is 86.0 Å². The molecule has 1 N–H and O–H groups in total. The topological polar surface area (TPSA) is 12.0 Å². The third-order valence-corrected chi connectivity index (χ3v) is 4.90. The second-order valence-electron chi connectivity index (χ2n) is 7.73. The first-order chi connectivity index (χ1) is 8.96. The van der Waals surface area contributed by atoms with Gasteiger partial charge in [-0.25, -0.2) is 0 Å². The number of rotatable bonds is 7. The third kappa shape index (κ3) is 6.79. The van der Waals surface area contributed by atoms with Crippen LogP contribution in [0.15, 0.2) is 0 Å². The molecule has 1 fully saturated rings. The monoisotopic (exact) mass is 267 g/mol. The van der Waals surface area contributed by atoms with E-state index in [0.29, 0.717) is 0 Å². The zero-order chi connectivity index (χ0) is 14.3. The summed E-state index contributed by atoms with van der Waals surface area (Å²) in [7, 11) is 0. The Kier molecular flexibility index (Phi) is 7.42. The van der Waals surface area contributed by atoms with Crippen LogP contribution >= 0.6 is 0 Å². The summed E-state index contributed by atoms with van der Waals surface area (Å²) in [6.07, 6.45) is 11.5. The molecule has 0 saturated heterocycles. The lowest BCUT2D eigenvalue weighted by atomic mass is 9.71. The van der Waals surface area contributed by atoms with E-state index in [1.807, 2.05) is 0 Å². The molecule has 3 unspecified atom stereocenters. The highest BCUT2D eigenvalue weighted by Crippen LogP contribution is 2.38. The van der Waals surface area contributed by atoms with Gasteiger partial charge >= 0.3 is 0 Å². The molecule has 0 aromatic carbocycles. The predicted octanol–water partition coefficient (Wildman–Crippen LogP) is 5.40. The van der Waals surface area contributed by atoms with Crippen LogP contribution in [0.25, 0.3) is 0 Å². The van der Waals surface area contributed by atoms with Crippen molar-refractivity contribution in [1.82, 2.24) is 5.32 Å². The van der Waals surface area contributed by atoms with E-state index in [0.717, 1.165) is 17.8 Å². The highest BCUT2D eigenvalue weighted by Gasteiger charge is 2.29. The summed E-state index contributed by atoms with van der Waals surface area (Å²) in [5.41, 5.74) is 0.273. The van der Waals surface area contributed by atoms with Gasteiger partial charge < -0.3 is 5.32 Å². The Hall–Kier alpha value is -0.0400. The van der Waals surface area contributed by atoms with Crippen molar-refractivity contribution in [3.05, 3.63) is 0 Å². The number of hydrogen-bond donors (Lipinski definition) is 1. The van der Waals surface area contributed by atoms with Gasteiger partial charge in [0.25, 0.3) is 0 Å². The Labute approximate surface area is 121 Å². The van der Waals surface area contributed by atoms with Gasteiger partial charge in [-0.2, -0.15) is 0 Å². The first-order valence-electron chi connectivity index (χ1n) is 8.71. The van der Waals surface area contributed by atoms with Crippen molar-refractivity contribution in [3.63, 3.8) is 0 Å². The Bertz CT molecular complexity index is 228. The summed E-state index contributed by atoms with van der Waals surface area (Å²) < 4.78 is 0. The van der Waals surface area contributed by atoms with Gasteiger partial charge in [0.05, 0.1) is 0 Å². The first-order valence-corrected chi connectivity index (χ1v) is 8.71. The standard InChI is InChI=1S/C18H37N/c1-6-8-9-10-16-13-15(7-2)11-12-17(16)14-19-18(3,4)5/h15-17,19H,6-14H2,1-5H3. The van der Waals surface area contributed by atoms with Crippen molar-refractivity contribution < 1.29 is 0 Å². The quantitative estimate of drug-likeness (QED) is 0.609. The Morgan fingerprint density at radius 3 is 2.32 bits per heavy atom. The van der Waals surface area contributed by atoms with E-state index >= 15 is 0 Å². The summed E-state index contributed by atoms with van der Waals surface area (Å²) in [5.74, 6) is 2.93. The van der Waals surface area contributed by atoms with Crippen LogP contribution < -0.4 is 5.32 Å². The molecule has 0 spiro atoms. The highest BCUT2D eigenvalue weighted by molar-refractivity contribution is 4.83. The van der Waals surface area contributed by atoms with Gasteiger partial charge in [-0.3, -0.25) is 0 Å². The smallest absolute Gasteiger partial charge is 0.00966 e. The fourth-order valence-electron chi connectivity index (χ4n) is 3.51. The zero-order valence-electron chi connectivity index (χ0n) is 14.1. The van der Waals surface area contributed by atoms with E-state index in [4.69, 9.17) is 0 Å². The van der Waals surface area contributed by atoms with Crippen LogP contribution in [0, 0.1) is 17.8 Å². The molecule has 0 heterocycles. The molecule has 1 saturated carbocycles. The Balaban J connectivity index is 2.45. The van der Waals surface area contributed by atoms with Crippen LogP contribution in [-0.2, 0) is 0 Å². The second-order valence-corrected chi connectivity index (χ2v) is 7.73. The summed E-state index contributed by atoms with van der Waals surface area (Å²) in [6, 6.07) is 0. The number of unbranched alkanes of at least 4 members (excludes halogenated alkanes) is 2. The third-order valence-electron chi connectivity index (χ3n) is 4.90. The maximum Gasteiger partial charge on any atom is 0.00966 e. The molecule has 1 aliphatic carbocycles. The normalized spacial score (nSPS) is 28.6. The summed E-state index contributed by atoms with van der Waals surface area (Å²) in [5, 5.41) is 3.74. The molecular formula is C18H37N. The first kappa shape index (κ1) is 17.0. The molecule has 1 rings (SSSR count). The van der Waals surface area contributed by atoms with Crippen molar-refractivity contribution in [1.29, 1.82) is 0 Å². The summed E-state index contributed by atoms with van der Waals surface area (Å²) >= 11 is 0. The minimum atomic E-state index is 0.273. The van der Waals surface area contributed by atoms with Crippen molar-refractivity contribution in [2.75, 3.05) is 6.54 Å². The molecule has 0 radical (unpaired) electrons. The molecule has 0 aromatic heterocycles. The van der Waals surface area contributed by atoms with Crippen LogP contribution in [0.4, 0.5) is 0 Å². The molecule has 3 atom stereocenters. The van der Waals surface area contributed by atoms with E-state index in [1.54, 1.807) is 0 Å². The van der Waals surface area contributed by atoms with Gasteiger partial charge in [-0.15, -0.1) is 0 Å². The number of hydrogen-bond acceptors (Lipinski definition) is 1. The molecule has 0 aromatic rings. The molecular weight excluding hydrogens is 230 g/mol. The van der Waals surface area contributed by atoms with E-state index < -0.39 is 0 Å². The lowest BCUT2D eigenvalue weighted by molar-refractivity contribution is 0.152. The van der Waals surface area contributed by atoms with Crippen LogP contribution in [0.5, 0.6) is 0 Å². The van der Waals surface area contributed by atoms with E-state index in [1.165, 1.54) is 57.9 Å².